The highest BCUT2D eigenvalue weighted by atomic mass is 19.1. The van der Waals surface area contributed by atoms with Crippen LogP contribution in [0.1, 0.15) is 61.4 Å². The minimum absolute atomic E-state index is 0.0212. The summed E-state index contributed by atoms with van der Waals surface area (Å²) in [4.78, 5) is 56.4. The number of furan rings is 1. The van der Waals surface area contributed by atoms with Gasteiger partial charge in [-0.2, -0.15) is 0 Å². The number of likely N-dealkylation sites (N-methyl/N-ethyl adjacent to an activating group) is 1. The summed E-state index contributed by atoms with van der Waals surface area (Å²) in [6.07, 6.45) is 6.24. The third kappa shape index (κ3) is 7.89. The maximum Gasteiger partial charge on any atom is 0.255 e. The fourth-order valence-corrected chi connectivity index (χ4v) is 6.21. The molecule has 0 spiro atoms. The van der Waals surface area contributed by atoms with E-state index in [-0.39, 0.29) is 36.3 Å². The molecule has 2 aromatic carbocycles. The molecule has 3 N–H and O–H groups in total. The Morgan fingerprint density at radius 1 is 0.978 bits per heavy atom. The third-order valence-corrected chi connectivity index (χ3v) is 8.92. The van der Waals surface area contributed by atoms with E-state index >= 15 is 4.39 Å². The third-order valence-electron chi connectivity index (χ3n) is 8.92. The van der Waals surface area contributed by atoms with Crippen molar-refractivity contribution in [1.29, 1.82) is 0 Å². The van der Waals surface area contributed by atoms with E-state index in [2.05, 4.69) is 20.9 Å². The average Bonchev–Trinajstić information content (AvgIpc) is 3.49. The number of halogens is 1. The second-order valence-electron chi connectivity index (χ2n) is 12.1. The molecule has 0 radical (unpaired) electrons. The van der Waals surface area contributed by atoms with Crippen LogP contribution in [0.5, 0.6) is 0 Å². The summed E-state index contributed by atoms with van der Waals surface area (Å²) in [5, 5.41) is 9.05. The number of amides is 4. The molecule has 5 rings (SSSR count). The number of anilines is 1. The van der Waals surface area contributed by atoms with Crippen LogP contribution in [0.4, 0.5) is 10.1 Å². The van der Waals surface area contributed by atoms with Crippen molar-refractivity contribution in [2.75, 3.05) is 38.5 Å². The minimum atomic E-state index is -0.861. The predicted molar refractivity (Wildman–Crippen MR) is 169 cm³/mol. The van der Waals surface area contributed by atoms with Crippen LogP contribution in [0.15, 0.2) is 53.1 Å². The van der Waals surface area contributed by atoms with Crippen molar-refractivity contribution < 1.29 is 28.0 Å². The second-order valence-corrected chi connectivity index (χ2v) is 12.1. The highest BCUT2D eigenvalue weighted by molar-refractivity contribution is 6.08. The van der Waals surface area contributed by atoms with Gasteiger partial charge < -0.3 is 30.2 Å². The predicted octanol–water partition coefficient (Wildman–Crippen LogP) is 4.10. The Bertz CT molecular complexity index is 1530. The van der Waals surface area contributed by atoms with Crippen molar-refractivity contribution in [3.05, 3.63) is 65.7 Å². The smallest absolute Gasteiger partial charge is 0.255 e. The van der Waals surface area contributed by atoms with Crippen molar-refractivity contribution in [1.82, 2.24) is 20.4 Å². The van der Waals surface area contributed by atoms with E-state index in [4.69, 9.17) is 4.42 Å². The number of nitrogens with zero attached hydrogens (tertiary/aromatic N) is 2. The van der Waals surface area contributed by atoms with E-state index in [1.54, 1.807) is 30.0 Å². The van der Waals surface area contributed by atoms with Crippen LogP contribution in [0, 0.1) is 11.7 Å². The summed E-state index contributed by atoms with van der Waals surface area (Å²) >= 11 is 0. The molecule has 1 saturated carbocycles. The van der Waals surface area contributed by atoms with Crippen molar-refractivity contribution in [2.24, 2.45) is 5.92 Å². The molecule has 0 bridgehead atoms. The maximum atomic E-state index is 15.5. The van der Waals surface area contributed by atoms with Crippen molar-refractivity contribution in [2.45, 2.75) is 64.0 Å². The van der Waals surface area contributed by atoms with Gasteiger partial charge in [-0.15, -0.1) is 0 Å². The van der Waals surface area contributed by atoms with Gasteiger partial charge in [0, 0.05) is 44.4 Å². The molecule has 1 aliphatic heterocycles. The van der Waals surface area contributed by atoms with Gasteiger partial charge >= 0.3 is 0 Å². The lowest BCUT2D eigenvalue weighted by Crippen LogP contribution is -2.54. The Morgan fingerprint density at radius 3 is 2.42 bits per heavy atom. The van der Waals surface area contributed by atoms with Gasteiger partial charge in [0.2, 0.25) is 17.7 Å². The quantitative estimate of drug-likeness (QED) is 0.314. The van der Waals surface area contributed by atoms with E-state index in [9.17, 15) is 19.2 Å². The summed E-state index contributed by atoms with van der Waals surface area (Å²) < 4.78 is 21.0. The number of hydrogen-bond donors (Lipinski definition) is 3. The monoisotopic (exact) mass is 619 g/mol. The molecule has 3 aromatic rings. The van der Waals surface area contributed by atoms with Gasteiger partial charge in [0.25, 0.3) is 5.91 Å². The van der Waals surface area contributed by atoms with Crippen molar-refractivity contribution in [3.8, 4) is 0 Å². The van der Waals surface area contributed by atoms with Gasteiger partial charge in [-0.25, -0.2) is 4.39 Å². The number of hydrogen-bond acceptors (Lipinski definition) is 6. The zero-order chi connectivity index (χ0) is 31.9. The molecule has 11 heteroatoms. The molecule has 10 nitrogen and oxygen atoms in total. The van der Waals surface area contributed by atoms with E-state index in [0.717, 1.165) is 45.2 Å². The summed E-state index contributed by atoms with van der Waals surface area (Å²) in [5.41, 5.74) is 1.40. The van der Waals surface area contributed by atoms with Gasteiger partial charge in [0.15, 0.2) is 0 Å². The molecule has 2 heterocycles. The standard InChI is InChI=1S/C34H42FN5O5/c1-3-30(41)36-28(34(44)40-17-15-39(2)16-18-40)20-22-13-14-27(26(35)19-22)37-33(43)31(23-9-5-4-6-10-23)38-32(42)25-21-45-29-12-8-7-11-24(25)29/h7-8,11-14,19,21,23,28,31H,3-6,9-10,15-18,20H2,1-2H3,(H,36,41)(H,37,43)(H,38,42)/t28-,31+/m1/s1. The Morgan fingerprint density at radius 2 is 1.71 bits per heavy atom. The van der Waals surface area contributed by atoms with Crippen LogP contribution < -0.4 is 16.0 Å². The number of rotatable bonds is 10. The molecule has 2 atom stereocenters. The Balaban J connectivity index is 1.30. The molecule has 2 aliphatic rings. The Kier molecular flexibility index (Phi) is 10.5. The van der Waals surface area contributed by atoms with Gasteiger partial charge in [-0.1, -0.05) is 50.5 Å². The number of piperazine rings is 1. The number of fused-ring (bicyclic) bond motifs is 1. The van der Waals surface area contributed by atoms with Crippen molar-refractivity contribution >= 4 is 40.3 Å². The lowest BCUT2D eigenvalue weighted by Gasteiger charge is -2.34. The van der Waals surface area contributed by atoms with Gasteiger partial charge in [0.05, 0.1) is 11.3 Å². The fraction of sp³-hybridized carbons (Fsp3) is 0.471. The van der Waals surface area contributed by atoms with E-state index in [1.807, 2.05) is 19.2 Å². The van der Waals surface area contributed by atoms with E-state index < -0.39 is 29.7 Å². The highest BCUT2D eigenvalue weighted by Crippen LogP contribution is 2.29. The van der Waals surface area contributed by atoms with E-state index in [1.165, 1.54) is 18.4 Å². The van der Waals surface area contributed by atoms with Crippen LogP contribution in [0.2, 0.25) is 0 Å². The van der Waals surface area contributed by atoms with Crippen LogP contribution >= 0.6 is 0 Å². The van der Waals surface area contributed by atoms with Crippen LogP contribution in [0.3, 0.4) is 0 Å². The summed E-state index contributed by atoms with van der Waals surface area (Å²) in [7, 11) is 1.99. The number of benzene rings is 2. The first-order valence-corrected chi connectivity index (χ1v) is 15.9. The van der Waals surface area contributed by atoms with Crippen LogP contribution in [0.25, 0.3) is 11.0 Å². The van der Waals surface area contributed by atoms with Crippen molar-refractivity contribution in [3.63, 3.8) is 0 Å². The molecular weight excluding hydrogens is 577 g/mol. The second kappa shape index (κ2) is 14.7. The summed E-state index contributed by atoms with van der Waals surface area (Å²) in [6, 6.07) is 9.89. The van der Waals surface area contributed by atoms with Crippen LogP contribution in [-0.4, -0.2) is 78.7 Å². The van der Waals surface area contributed by atoms with Gasteiger partial charge in [-0.3, -0.25) is 19.2 Å². The SMILES string of the molecule is CCC(=O)N[C@H](Cc1ccc(NC(=O)[C@@H](NC(=O)c2coc3ccccc23)C2CCCCC2)c(F)c1)C(=O)N1CCN(C)CC1. The highest BCUT2D eigenvalue weighted by Gasteiger charge is 2.33. The first-order valence-electron chi connectivity index (χ1n) is 15.9. The normalized spacial score (nSPS) is 17.4. The zero-order valence-corrected chi connectivity index (χ0v) is 25.9. The molecule has 1 aromatic heterocycles. The Labute approximate surface area is 262 Å². The summed E-state index contributed by atoms with van der Waals surface area (Å²) in [6.45, 7) is 4.31. The maximum absolute atomic E-state index is 15.5. The number of nitrogens with one attached hydrogen (secondary N) is 3. The molecule has 2 fully saturated rings. The molecule has 0 unspecified atom stereocenters. The molecule has 1 aliphatic carbocycles. The first-order chi connectivity index (χ1) is 21.7. The van der Waals surface area contributed by atoms with Gasteiger partial charge in [0.1, 0.15) is 29.7 Å². The first kappa shape index (κ1) is 32.2. The zero-order valence-electron chi connectivity index (χ0n) is 25.9. The van der Waals surface area contributed by atoms with E-state index in [0.29, 0.717) is 35.2 Å². The minimum Gasteiger partial charge on any atom is -0.463 e. The number of carbonyl (C=O) groups is 4. The fourth-order valence-electron chi connectivity index (χ4n) is 6.21. The van der Waals surface area contributed by atoms with Crippen LogP contribution in [-0.2, 0) is 20.8 Å². The lowest BCUT2D eigenvalue weighted by molar-refractivity contribution is -0.137. The largest absolute Gasteiger partial charge is 0.463 e. The topological polar surface area (TPSA) is 124 Å². The molecule has 45 heavy (non-hydrogen) atoms. The molecular formula is C34H42FN5O5. The average molecular weight is 620 g/mol. The Hall–Kier alpha value is -4.25. The number of carbonyl (C=O) groups excluding carboxylic acids is 4. The number of para-hydroxylation sites is 1. The lowest BCUT2D eigenvalue weighted by atomic mass is 9.83. The molecule has 4 amide bonds. The summed E-state index contributed by atoms with van der Waals surface area (Å²) in [5.74, 6) is -2.13. The molecule has 1 saturated heterocycles. The van der Waals surface area contributed by atoms with Gasteiger partial charge in [-0.05, 0) is 49.6 Å². The molecule has 240 valence electrons.